The van der Waals surface area contributed by atoms with Crippen LogP contribution in [-0.4, -0.2) is 9.55 Å². The Morgan fingerprint density at radius 2 is 1.11 bits per heavy atom. The fourth-order valence-corrected chi connectivity index (χ4v) is 4.60. The van der Waals surface area contributed by atoms with Crippen LogP contribution >= 0.6 is 0 Å². The molecule has 37 heavy (non-hydrogen) atoms. The quantitative estimate of drug-likeness (QED) is 0.250. The lowest BCUT2D eigenvalue weighted by molar-refractivity contribution is 1.10. The third-order valence-corrected chi connectivity index (χ3v) is 6.69. The second kappa shape index (κ2) is 9.67. The Bertz CT molecular complexity index is 1670. The Morgan fingerprint density at radius 1 is 0.568 bits per heavy atom. The molecule has 6 aromatic rings. The van der Waals surface area contributed by atoms with Crippen LogP contribution in [0.5, 0.6) is 0 Å². The summed E-state index contributed by atoms with van der Waals surface area (Å²) in [4.78, 5) is 5.07. The number of hydrogen-bond donors (Lipinski definition) is 2. The van der Waals surface area contributed by atoms with Gasteiger partial charge in [-0.25, -0.2) is 4.98 Å². The second-order valence-corrected chi connectivity index (χ2v) is 9.27. The van der Waals surface area contributed by atoms with Gasteiger partial charge in [0.15, 0.2) is 0 Å². The van der Waals surface area contributed by atoms with Gasteiger partial charge >= 0.3 is 0 Å². The van der Waals surface area contributed by atoms with Gasteiger partial charge in [-0.15, -0.1) is 0 Å². The molecule has 0 aliphatic rings. The number of nitrogens with zero attached hydrogens (tertiary/aromatic N) is 2. The molecule has 0 unspecified atom stereocenters. The zero-order valence-corrected chi connectivity index (χ0v) is 20.9. The van der Waals surface area contributed by atoms with Crippen molar-refractivity contribution in [3.8, 4) is 17.1 Å². The lowest BCUT2D eigenvalue weighted by Gasteiger charge is -2.14. The summed E-state index contributed by atoms with van der Waals surface area (Å²) in [5.41, 5.74) is 10.9. The molecule has 1 heterocycles. The SMILES string of the molecule is Cc1cc2nc(-c3ccc(Nc4ccccc4Nc4ccccc4)cc3)n(-c3ccccc3)c2cc1C. The van der Waals surface area contributed by atoms with Crippen molar-refractivity contribution < 1.29 is 0 Å². The van der Waals surface area contributed by atoms with E-state index in [4.69, 9.17) is 4.98 Å². The number of fused-ring (bicyclic) bond motifs is 1. The molecular formula is C33H28N4. The smallest absolute Gasteiger partial charge is 0.145 e. The first-order chi connectivity index (χ1) is 18.2. The molecular weight excluding hydrogens is 452 g/mol. The molecule has 0 radical (unpaired) electrons. The molecule has 0 aliphatic heterocycles. The average molecular weight is 481 g/mol. The van der Waals surface area contributed by atoms with Gasteiger partial charge in [-0.05, 0) is 97.8 Å². The summed E-state index contributed by atoms with van der Waals surface area (Å²) >= 11 is 0. The normalized spacial score (nSPS) is 11.0. The van der Waals surface area contributed by atoms with E-state index in [1.807, 2.05) is 36.4 Å². The first-order valence-electron chi connectivity index (χ1n) is 12.5. The van der Waals surface area contributed by atoms with Gasteiger partial charge in [-0.2, -0.15) is 0 Å². The van der Waals surface area contributed by atoms with Crippen LogP contribution in [0.3, 0.4) is 0 Å². The molecule has 6 rings (SSSR count). The van der Waals surface area contributed by atoms with E-state index in [2.05, 4.69) is 114 Å². The highest BCUT2D eigenvalue weighted by molar-refractivity contribution is 5.85. The van der Waals surface area contributed by atoms with E-state index in [1.54, 1.807) is 0 Å². The van der Waals surface area contributed by atoms with Crippen LogP contribution < -0.4 is 10.6 Å². The van der Waals surface area contributed by atoms with Crippen LogP contribution in [0.4, 0.5) is 22.7 Å². The van der Waals surface area contributed by atoms with Crippen molar-refractivity contribution in [2.45, 2.75) is 13.8 Å². The zero-order chi connectivity index (χ0) is 25.2. The third kappa shape index (κ3) is 4.57. The molecule has 0 aliphatic carbocycles. The lowest BCUT2D eigenvalue weighted by Crippen LogP contribution is -1.99. The summed E-state index contributed by atoms with van der Waals surface area (Å²) in [7, 11) is 0. The van der Waals surface area contributed by atoms with Gasteiger partial charge in [0.05, 0.1) is 22.4 Å². The third-order valence-electron chi connectivity index (χ3n) is 6.69. The van der Waals surface area contributed by atoms with Crippen LogP contribution in [0.15, 0.2) is 121 Å². The highest BCUT2D eigenvalue weighted by atomic mass is 15.1. The summed E-state index contributed by atoms with van der Waals surface area (Å²) in [6.07, 6.45) is 0. The molecule has 0 bridgehead atoms. The molecule has 0 atom stereocenters. The summed E-state index contributed by atoms with van der Waals surface area (Å²) < 4.78 is 2.25. The fraction of sp³-hybridized carbons (Fsp3) is 0.0606. The van der Waals surface area contributed by atoms with Gasteiger partial charge in [0, 0.05) is 22.6 Å². The van der Waals surface area contributed by atoms with E-state index in [0.29, 0.717) is 0 Å². The van der Waals surface area contributed by atoms with Gasteiger partial charge in [0.25, 0.3) is 0 Å². The Morgan fingerprint density at radius 3 is 1.76 bits per heavy atom. The first-order valence-corrected chi connectivity index (χ1v) is 12.5. The van der Waals surface area contributed by atoms with Gasteiger partial charge in [0.2, 0.25) is 0 Å². The van der Waals surface area contributed by atoms with Crippen molar-refractivity contribution in [1.82, 2.24) is 9.55 Å². The molecule has 0 spiro atoms. The molecule has 0 amide bonds. The fourth-order valence-electron chi connectivity index (χ4n) is 4.60. The maximum atomic E-state index is 5.07. The molecule has 180 valence electrons. The van der Waals surface area contributed by atoms with E-state index in [-0.39, 0.29) is 0 Å². The van der Waals surface area contributed by atoms with Crippen molar-refractivity contribution in [3.05, 3.63) is 132 Å². The Balaban J connectivity index is 1.35. The Hall–Kier alpha value is -4.83. The maximum absolute atomic E-state index is 5.07. The zero-order valence-electron chi connectivity index (χ0n) is 20.9. The van der Waals surface area contributed by atoms with E-state index in [0.717, 1.165) is 50.9 Å². The number of anilines is 4. The minimum absolute atomic E-state index is 0.934. The first kappa shape index (κ1) is 22.6. The standard InChI is InChI=1S/C33H28N4/c1-23-21-31-32(22-24(23)2)37(28-13-7-4-8-14-28)33(36-31)25-17-19-27(20-18-25)35-30-16-10-9-15-29(30)34-26-11-5-3-6-12-26/h3-22,34-35H,1-2H3. The lowest BCUT2D eigenvalue weighted by atomic mass is 10.1. The van der Waals surface area contributed by atoms with Gasteiger partial charge < -0.3 is 10.6 Å². The van der Waals surface area contributed by atoms with Crippen molar-refractivity contribution >= 4 is 33.8 Å². The Kier molecular flexibility index (Phi) is 5.91. The number of hydrogen-bond acceptors (Lipinski definition) is 3. The van der Waals surface area contributed by atoms with Crippen LogP contribution in [0.25, 0.3) is 28.1 Å². The van der Waals surface area contributed by atoms with Crippen molar-refractivity contribution in [1.29, 1.82) is 0 Å². The minimum atomic E-state index is 0.934. The van der Waals surface area contributed by atoms with E-state index in [9.17, 15) is 0 Å². The second-order valence-electron chi connectivity index (χ2n) is 9.27. The van der Waals surface area contributed by atoms with E-state index < -0.39 is 0 Å². The number of aryl methyl sites for hydroxylation is 2. The number of nitrogens with one attached hydrogen (secondary N) is 2. The molecule has 1 aromatic heterocycles. The largest absolute Gasteiger partial charge is 0.354 e. The monoisotopic (exact) mass is 480 g/mol. The topological polar surface area (TPSA) is 41.9 Å². The molecule has 4 heteroatoms. The van der Waals surface area contributed by atoms with Crippen molar-refractivity contribution in [2.75, 3.05) is 10.6 Å². The van der Waals surface area contributed by atoms with E-state index in [1.165, 1.54) is 11.1 Å². The number of rotatable bonds is 6. The number of aromatic nitrogens is 2. The molecule has 0 saturated heterocycles. The summed E-state index contributed by atoms with van der Waals surface area (Å²) in [5.74, 6) is 0.934. The number of imidazole rings is 1. The summed E-state index contributed by atoms with van der Waals surface area (Å²) in [6.45, 7) is 4.29. The molecule has 4 nitrogen and oxygen atoms in total. The van der Waals surface area contributed by atoms with Crippen LogP contribution in [0.2, 0.25) is 0 Å². The summed E-state index contributed by atoms with van der Waals surface area (Å²) in [6, 6.07) is 41.8. The molecule has 0 fully saturated rings. The Labute approximate surface area is 217 Å². The number of benzene rings is 5. The predicted molar refractivity (Wildman–Crippen MR) is 155 cm³/mol. The van der Waals surface area contributed by atoms with Crippen LogP contribution in [0, 0.1) is 13.8 Å². The van der Waals surface area contributed by atoms with Crippen LogP contribution in [0.1, 0.15) is 11.1 Å². The van der Waals surface area contributed by atoms with Crippen molar-refractivity contribution in [3.63, 3.8) is 0 Å². The molecule has 2 N–H and O–H groups in total. The summed E-state index contributed by atoms with van der Waals surface area (Å²) in [5, 5.41) is 7.07. The minimum Gasteiger partial charge on any atom is -0.354 e. The maximum Gasteiger partial charge on any atom is 0.145 e. The highest BCUT2D eigenvalue weighted by Gasteiger charge is 2.15. The van der Waals surface area contributed by atoms with Gasteiger partial charge in [0.1, 0.15) is 5.82 Å². The van der Waals surface area contributed by atoms with Crippen LogP contribution in [-0.2, 0) is 0 Å². The molecule has 0 saturated carbocycles. The average Bonchev–Trinajstić information content (AvgIpc) is 3.29. The predicted octanol–water partition coefficient (Wildman–Crippen LogP) is 8.80. The molecule has 5 aromatic carbocycles. The van der Waals surface area contributed by atoms with Gasteiger partial charge in [-0.3, -0.25) is 4.57 Å². The van der Waals surface area contributed by atoms with Gasteiger partial charge in [-0.1, -0.05) is 48.5 Å². The number of para-hydroxylation sites is 4. The highest BCUT2D eigenvalue weighted by Crippen LogP contribution is 2.32. The van der Waals surface area contributed by atoms with Crippen molar-refractivity contribution in [2.24, 2.45) is 0 Å². The van der Waals surface area contributed by atoms with E-state index >= 15 is 0 Å².